The van der Waals surface area contributed by atoms with Crippen LogP contribution in [-0.2, 0) is 5.41 Å². The molecule has 0 heterocycles. The molecule has 0 aromatic heterocycles. The van der Waals surface area contributed by atoms with Crippen molar-refractivity contribution in [1.29, 1.82) is 0 Å². The standard InChI is InChI=1S/C21H26FNO/c1-21(2,16-6-10-18(22)11-7-16)17-8-12-19(13-9-17)24-14-15-4-3-5-20(15)23/h6-13,15,20H,3-5,14,23H2,1-2H3/t15-,20-/m1/s1. The van der Waals surface area contributed by atoms with Gasteiger partial charge in [-0.05, 0) is 48.2 Å². The largest absolute Gasteiger partial charge is 0.493 e. The van der Waals surface area contributed by atoms with E-state index in [0.29, 0.717) is 12.5 Å². The highest BCUT2D eigenvalue weighted by atomic mass is 19.1. The lowest BCUT2D eigenvalue weighted by molar-refractivity contribution is 0.239. The first-order valence-electron chi connectivity index (χ1n) is 8.72. The molecule has 2 nitrogen and oxygen atoms in total. The molecule has 1 aliphatic carbocycles. The van der Waals surface area contributed by atoms with Gasteiger partial charge in [0.15, 0.2) is 0 Å². The van der Waals surface area contributed by atoms with Crippen molar-refractivity contribution >= 4 is 0 Å². The molecule has 1 fully saturated rings. The molecule has 24 heavy (non-hydrogen) atoms. The summed E-state index contributed by atoms with van der Waals surface area (Å²) in [7, 11) is 0. The Labute approximate surface area is 143 Å². The van der Waals surface area contributed by atoms with Crippen molar-refractivity contribution in [1.82, 2.24) is 0 Å². The Morgan fingerprint density at radius 2 is 1.58 bits per heavy atom. The highest BCUT2D eigenvalue weighted by Crippen LogP contribution is 2.33. The van der Waals surface area contributed by atoms with E-state index in [4.69, 9.17) is 10.5 Å². The van der Waals surface area contributed by atoms with Gasteiger partial charge in [-0.15, -0.1) is 0 Å². The number of hydrogen-bond acceptors (Lipinski definition) is 2. The lowest BCUT2D eigenvalue weighted by atomic mass is 9.78. The van der Waals surface area contributed by atoms with E-state index in [0.717, 1.165) is 24.2 Å². The van der Waals surface area contributed by atoms with Gasteiger partial charge in [-0.1, -0.05) is 44.5 Å². The SMILES string of the molecule is CC(C)(c1ccc(F)cc1)c1ccc(OC[C@H]2CCC[C@H]2N)cc1. The summed E-state index contributed by atoms with van der Waals surface area (Å²) in [5.41, 5.74) is 8.18. The van der Waals surface area contributed by atoms with Gasteiger partial charge in [0.25, 0.3) is 0 Å². The van der Waals surface area contributed by atoms with Crippen LogP contribution in [0.5, 0.6) is 5.75 Å². The molecule has 0 saturated heterocycles. The van der Waals surface area contributed by atoms with Crippen molar-refractivity contribution in [3.63, 3.8) is 0 Å². The number of nitrogens with two attached hydrogens (primary N) is 1. The van der Waals surface area contributed by atoms with Gasteiger partial charge in [-0.25, -0.2) is 4.39 Å². The minimum absolute atomic E-state index is 0.181. The zero-order chi connectivity index (χ0) is 17.2. The summed E-state index contributed by atoms with van der Waals surface area (Å²) in [4.78, 5) is 0. The molecular weight excluding hydrogens is 301 g/mol. The Kier molecular flexibility index (Phi) is 4.91. The summed E-state index contributed by atoms with van der Waals surface area (Å²) in [6, 6.07) is 15.2. The number of ether oxygens (including phenoxy) is 1. The van der Waals surface area contributed by atoms with Crippen LogP contribution in [0.15, 0.2) is 48.5 Å². The van der Waals surface area contributed by atoms with Gasteiger partial charge in [0.2, 0.25) is 0 Å². The molecule has 0 bridgehead atoms. The second-order valence-electron chi connectivity index (χ2n) is 7.32. The fourth-order valence-electron chi connectivity index (χ4n) is 3.48. The molecule has 3 rings (SSSR count). The van der Waals surface area contributed by atoms with Crippen molar-refractivity contribution in [3.05, 3.63) is 65.5 Å². The van der Waals surface area contributed by atoms with Crippen LogP contribution in [0.3, 0.4) is 0 Å². The molecule has 1 aliphatic rings. The minimum Gasteiger partial charge on any atom is -0.493 e. The van der Waals surface area contributed by atoms with Crippen LogP contribution in [-0.4, -0.2) is 12.6 Å². The Bertz CT molecular complexity index is 663. The third kappa shape index (κ3) is 3.62. The molecule has 0 aliphatic heterocycles. The van der Waals surface area contributed by atoms with Gasteiger partial charge < -0.3 is 10.5 Å². The maximum absolute atomic E-state index is 13.1. The highest BCUT2D eigenvalue weighted by Gasteiger charge is 2.25. The highest BCUT2D eigenvalue weighted by molar-refractivity contribution is 5.40. The van der Waals surface area contributed by atoms with E-state index in [1.165, 1.54) is 24.1 Å². The first-order chi connectivity index (χ1) is 11.5. The average Bonchev–Trinajstić information content (AvgIpc) is 2.99. The predicted molar refractivity (Wildman–Crippen MR) is 95.8 cm³/mol. The van der Waals surface area contributed by atoms with Crippen LogP contribution in [0.4, 0.5) is 4.39 Å². The van der Waals surface area contributed by atoms with Gasteiger partial charge in [-0.3, -0.25) is 0 Å². The van der Waals surface area contributed by atoms with E-state index in [2.05, 4.69) is 26.0 Å². The molecule has 0 spiro atoms. The summed E-state index contributed by atoms with van der Waals surface area (Å²) in [6.07, 6.45) is 3.48. The summed E-state index contributed by atoms with van der Waals surface area (Å²) < 4.78 is 19.1. The van der Waals surface area contributed by atoms with Gasteiger partial charge in [0.1, 0.15) is 11.6 Å². The molecule has 128 valence electrons. The van der Waals surface area contributed by atoms with Crippen LogP contribution in [0.25, 0.3) is 0 Å². The second-order valence-corrected chi connectivity index (χ2v) is 7.32. The number of benzene rings is 2. The molecule has 2 N–H and O–H groups in total. The Morgan fingerprint density at radius 3 is 2.12 bits per heavy atom. The molecule has 0 amide bonds. The summed E-state index contributed by atoms with van der Waals surface area (Å²) in [5, 5.41) is 0. The molecule has 1 saturated carbocycles. The Hall–Kier alpha value is -1.87. The van der Waals surface area contributed by atoms with E-state index in [9.17, 15) is 4.39 Å². The van der Waals surface area contributed by atoms with Crippen LogP contribution < -0.4 is 10.5 Å². The lowest BCUT2D eigenvalue weighted by Crippen LogP contribution is -2.28. The van der Waals surface area contributed by atoms with Gasteiger partial charge >= 0.3 is 0 Å². The van der Waals surface area contributed by atoms with Crippen molar-refractivity contribution in [2.45, 2.75) is 44.6 Å². The first-order valence-corrected chi connectivity index (χ1v) is 8.72. The number of rotatable bonds is 5. The summed E-state index contributed by atoms with van der Waals surface area (Å²) >= 11 is 0. The van der Waals surface area contributed by atoms with Crippen molar-refractivity contribution in [2.75, 3.05) is 6.61 Å². The van der Waals surface area contributed by atoms with Gasteiger partial charge in [0, 0.05) is 17.4 Å². The lowest BCUT2D eigenvalue weighted by Gasteiger charge is -2.26. The molecule has 0 radical (unpaired) electrons. The monoisotopic (exact) mass is 327 g/mol. The van der Waals surface area contributed by atoms with Gasteiger partial charge in [-0.2, -0.15) is 0 Å². The van der Waals surface area contributed by atoms with Crippen LogP contribution in [0.1, 0.15) is 44.2 Å². The third-order valence-corrected chi connectivity index (χ3v) is 5.32. The smallest absolute Gasteiger partial charge is 0.123 e. The predicted octanol–water partition coefficient (Wildman–Crippen LogP) is 4.66. The Balaban J connectivity index is 1.68. The van der Waals surface area contributed by atoms with Crippen molar-refractivity contribution in [3.8, 4) is 5.75 Å². The number of hydrogen-bond donors (Lipinski definition) is 1. The van der Waals surface area contributed by atoms with Crippen LogP contribution in [0.2, 0.25) is 0 Å². The maximum atomic E-state index is 13.1. The van der Waals surface area contributed by atoms with Crippen LogP contribution in [0, 0.1) is 11.7 Å². The van der Waals surface area contributed by atoms with Crippen molar-refractivity contribution in [2.24, 2.45) is 11.7 Å². The summed E-state index contributed by atoms with van der Waals surface area (Å²) in [5.74, 6) is 1.15. The number of halogens is 1. The topological polar surface area (TPSA) is 35.2 Å². The zero-order valence-corrected chi connectivity index (χ0v) is 14.5. The average molecular weight is 327 g/mol. The van der Waals surface area contributed by atoms with E-state index in [1.54, 1.807) is 0 Å². The molecule has 3 heteroatoms. The third-order valence-electron chi connectivity index (χ3n) is 5.32. The summed E-state index contributed by atoms with van der Waals surface area (Å²) in [6.45, 7) is 4.99. The quantitative estimate of drug-likeness (QED) is 0.867. The zero-order valence-electron chi connectivity index (χ0n) is 14.5. The molecular formula is C21H26FNO. The fourth-order valence-corrected chi connectivity index (χ4v) is 3.48. The van der Waals surface area contributed by atoms with E-state index >= 15 is 0 Å². The maximum Gasteiger partial charge on any atom is 0.123 e. The van der Waals surface area contributed by atoms with Crippen LogP contribution >= 0.6 is 0 Å². The second kappa shape index (κ2) is 6.94. The van der Waals surface area contributed by atoms with E-state index in [-0.39, 0.29) is 17.3 Å². The minimum atomic E-state index is -0.205. The first kappa shape index (κ1) is 17.0. The molecule has 2 aromatic carbocycles. The Morgan fingerprint density at radius 1 is 1.00 bits per heavy atom. The van der Waals surface area contributed by atoms with E-state index < -0.39 is 0 Å². The van der Waals surface area contributed by atoms with Gasteiger partial charge in [0.05, 0.1) is 6.61 Å². The molecule has 0 unspecified atom stereocenters. The normalized spacial score (nSPS) is 21.0. The fraction of sp³-hybridized carbons (Fsp3) is 0.429. The molecule has 2 aromatic rings. The van der Waals surface area contributed by atoms with Crippen molar-refractivity contribution < 1.29 is 9.13 Å². The molecule has 2 atom stereocenters. The van der Waals surface area contributed by atoms with E-state index in [1.807, 2.05) is 24.3 Å².